The Morgan fingerprint density at radius 1 is 1.30 bits per heavy atom. The Hall–Kier alpha value is -2.54. The molecule has 1 fully saturated rings. The minimum atomic E-state index is -0.0345. The molecule has 3 heterocycles. The lowest BCUT2D eigenvalue weighted by Crippen LogP contribution is -2.47. The summed E-state index contributed by atoms with van der Waals surface area (Å²) in [4.78, 5) is 19.0. The van der Waals surface area contributed by atoms with Crippen LogP contribution in [0.15, 0.2) is 58.4 Å². The molecule has 0 bridgehead atoms. The Morgan fingerprint density at radius 3 is 2.93 bits per heavy atom. The highest BCUT2D eigenvalue weighted by Gasteiger charge is 2.35. The van der Waals surface area contributed by atoms with Crippen molar-refractivity contribution in [1.29, 1.82) is 0 Å². The lowest BCUT2D eigenvalue weighted by atomic mass is 9.76. The zero-order valence-corrected chi connectivity index (χ0v) is 16.0. The number of rotatable bonds is 5. The number of thioether (sulfide) groups is 1. The number of hydrogen-bond acceptors (Lipinski definition) is 5. The van der Waals surface area contributed by atoms with Gasteiger partial charge in [0.15, 0.2) is 10.9 Å². The van der Waals surface area contributed by atoms with Gasteiger partial charge in [-0.05, 0) is 30.5 Å². The number of furan rings is 1. The molecule has 2 aromatic heterocycles. The summed E-state index contributed by atoms with van der Waals surface area (Å²) in [7, 11) is 0. The van der Waals surface area contributed by atoms with Crippen LogP contribution in [0, 0.1) is 0 Å². The predicted molar refractivity (Wildman–Crippen MR) is 104 cm³/mol. The molecule has 0 aliphatic carbocycles. The first kappa shape index (κ1) is 17.9. The molecule has 0 saturated carbocycles. The highest BCUT2D eigenvalue weighted by atomic mass is 32.2. The van der Waals surface area contributed by atoms with Crippen molar-refractivity contribution in [1.82, 2.24) is 20.1 Å². The lowest BCUT2D eigenvalue weighted by Gasteiger charge is -2.40. The van der Waals surface area contributed by atoms with Crippen LogP contribution in [0.25, 0.3) is 0 Å². The van der Waals surface area contributed by atoms with Gasteiger partial charge < -0.3 is 9.32 Å². The second kappa shape index (κ2) is 7.60. The van der Waals surface area contributed by atoms with E-state index < -0.39 is 0 Å². The van der Waals surface area contributed by atoms with Crippen LogP contribution in [-0.4, -0.2) is 39.1 Å². The van der Waals surface area contributed by atoms with Crippen LogP contribution < -0.4 is 0 Å². The number of nitrogens with zero attached hydrogens (tertiary/aromatic N) is 3. The van der Waals surface area contributed by atoms with E-state index >= 15 is 0 Å². The van der Waals surface area contributed by atoms with Crippen molar-refractivity contribution in [2.75, 3.05) is 13.1 Å². The third-order valence-electron chi connectivity index (χ3n) is 5.07. The second-order valence-electron chi connectivity index (χ2n) is 7.10. The SMILES string of the molecule is C[C@@]1(c2ccccc2)CCCN(C(=O)c2ccc(CSc3ncn[nH]3)o2)C1. The molecule has 0 radical (unpaired) electrons. The molecule has 1 saturated heterocycles. The largest absolute Gasteiger partial charge is 0.455 e. The van der Waals surface area contributed by atoms with Crippen molar-refractivity contribution in [3.8, 4) is 0 Å². The van der Waals surface area contributed by atoms with Crippen LogP contribution in [0.4, 0.5) is 0 Å². The molecular weight excluding hydrogens is 360 g/mol. The fraction of sp³-hybridized carbons (Fsp3) is 0.350. The van der Waals surface area contributed by atoms with Crippen LogP contribution in [0.2, 0.25) is 0 Å². The van der Waals surface area contributed by atoms with Crippen molar-refractivity contribution in [2.45, 2.75) is 36.1 Å². The van der Waals surface area contributed by atoms with E-state index in [2.05, 4.69) is 46.4 Å². The van der Waals surface area contributed by atoms with E-state index in [1.54, 1.807) is 6.07 Å². The Morgan fingerprint density at radius 2 is 2.15 bits per heavy atom. The summed E-state index contributed by atoms with van der Waals surface area (Å²) < 4.78 is 5.80. The fourth-order valence-electron chi connectivity index (χ4n) is 3.62. The van der Waals surface area contributed by atoms with Crippen LogP contribution in [-0.2, 0) is 11.2 Å². The van der Waals surface area contributed by atoms with Gasteiger partial charge in [0.05, 0.1) is 5.75 Å². The molecule has 1 N–H and O–H groups in total. The lowest BCUT2D eigenvalue weighted by molar-refractivity contribution is 0.0617. The van der Waals surface area contributed by atoms with E-state index in [-0.39, 0.29) is 11.3 Å². The average Bonchev–Trinajstić information content (AvgIpc) is 3.38. The average molecular weight is 382 g/mol. The van der Waals surface area contributed by atoms with Crippen LogP contribution >= 0.6 is 11.8 Å². The molecule has 0 spiro atoms. The Bertz CT molecular complexity index is 894. The molecule has 3 aromatic rings. The molecule has 7 heteroatoms. The van der Waals surface area contributed by atoms with E-state index in [4.69, 9.17) is 4.42 Å². The van der Waals surface area contributed by atoms with Gasteiger partial charge in [0.2, 0.25) is 0 Å². The summed E-state index contributed by atoms with van der Waals surface area (Å²) in [5.41, 5.74) is 1.26. The summed E-state index contributed by atoms with van der Waals surface area (Å²) in [6, 6.07) is 14.1. The maximum Gasteiger partial charge on any atom is 0.289 e. The quantitative estimate of drug-likeness (QED) is 0.678. The first-order chi connectivity index (χ1) is 13.1. The number of carbonyl (C=O) groups is 1. The Labute approximate surface area is 162 Å². The normalized spacial score (nSPS) is 20.0. The van der Waals surface area contributed by atoms with Gasteiger partial charge in [0.1, 0.15) is 12.1 Å². The van der Waals surface area contributed by atoms with Crippen molar-refractivity contribution in [3.05, 3.63) is 65.9 Å². The summed E-state index contributed by atoms with van der Waals surface area (Å²) in [5, 5.41) is 7.35. The van der Waals surface area contributed by atoms with E-state index in [9.17, 15) is 4.79 Å². The monoisotopic (exact) mass is 382 g/mol. The van der Waals surface area contributed by atoms with Crippen LogP contribution in [0.5, 0.6) is 0 Å². The maximum absolute atomic E-state index is 13.0. The molecule has 6 nitrogen and oxygen atoms in total. The molecule has 1 atom stereocenters. The van der Waals surface area contributed by atoms with Crippen molar-refractivity contribution < 1.29 is 9.21 Å². The Balaban J connectivity index is 1.43. The number of piperidine rings is 1. The number of carbonyl (C=O) groups excluding carboxylic acids is 1. The minimum Gasteiger partial charge on any atom is -0.455 e. The molecule has 1 aliphatic heterocycles. The van der Waals surface area contributed by atoms with Gasteiger partial charge in [-0.15, -0.1) is 0 Å². The van der Waals surface area contributed by atoms with Crippen LogP contribution in [0.3, 0.4) is 0 Å². The highest BCUT2D eigenvalue weighted by molar-refractivity contribution is 7.98. The summed E-state index contributed by atoms with van der Waals surface area (Å²) in [6.45, 7) is 3.71. The standard InChI is InChI=1S/C20H22N4O2S/c1-20(15-6-3-2-4-7-15)10-5-11-24(13-20)18(25)17-9-8-16(26-17)12-27-19-21-14-22-23-19/h2-4,6-9,14H,5,10-13H2,1H3,(H,21,22,23)/t20-/m1/s1. The highest BCUT2D eigenvalue weighted by Crippen LogP contribution is 2.34. The first-order valence-corrected chi connectivity index (χ1v) is 10.0. The van der Waals surface area contributed by atoms with Gasteiger partial charge in [-0.2, -0.15) is 5.10 Å². The number of likely N-dealkylation sites (tertiary alicyclic amines) is 1. The number of nitrogens with one attached hydrogen (secondary N) is 1. The minimum absolute atomic E-state index is 0.0211. The number of hydrogen-bond donors (Lipinski definition) is 1. The van der Waals surface area contributed by atoms with Gasteiger partial charge >= 0.3 is 0 Å². The molecule has 27 heavy (non-hydrogen) atoms. The predicted octanol–water partition coefficient (Wildman–Crippen LogP) is 3.88. The molecule has 1 amide bonds. The first-order valence-electron chi connectivity index (χ1n) is 9.06. The smallest absolute Gasteiger partial charge is 0.289 e. The van der Waals surface area contributed by atoms with Gasteiger partial charge in [-0.3, -0.25) is 9.89 Å². The van der Waals surface area contributed by atoms with Crippen molar-refractivity contribution in [2.24, 2.45) is 0 Å². The number of aromatic amines is 1. The topological polar surface area (TPSA) is 75.0 Å². The molecule has 1 aliphatic rings. The zero-order valence-electron chi connectivity index (χ0n) is 15.2. The van der Waals surface area contributed by atoms with Gasteiger partial charge in [0.25, 0.3) is 5.91 Å². The Kier molecular flexibility index (Phi) is 5.03. The van der Waals surface area contributed by atoms with Crippen LogP contribution in [0.1, 0.15) is 41.6 Å². The van der Waals surface area contributed by atoms with Crippen molar-refractivity contribution >= 4 is 17.7 Å². The summed E-state index contributed by atoms with van der Waals surface area (Å²) in [6.07, 6.45) is 3.55. The number of aromatic nitrogens is 3. The fourth-order valence-corrected chi connectivity index (χ4v) is 4.29. The molecule has 4 rings (SSSR count). The maximum atomic E-state index is 13.0. The van der Waals surface area contributed by atoms with Gasteiger partial charge in [-0.25, -0.2) is 4.98 Å². The van der Waals surface area contributed by atoms with E-state index in [0.717, 1.165) is 30.3 Å². The summed E-state index contributed by atoms with van der Waals surface area (Å²) in [5.74, 6) is 1.72. The zero-order chi connectivity index (χ0) is 18.7. The van der Waals surface area contributed by atoms with E-state index in [0.29, 0.717) is 18.1 Å². The second-order valence-corrected chi connectivity index (χ2v) is 8.07. The molecule has 1 aromatic carbocycles. The number of H-pyrrole nitrogens is 1. The molecular formula is C20H22N4O2S. The third-order valence-corrected chi connectivity index (χ3v) is 5.97. The molecule has 140 valence electrons. The van der Waals surface area contributed by atoms with E-state index in [1.165, 1.54) is 23.7 Å². The number of amides is 1. The number of benzene rings is 1. The summed E-state index contributed by atoms with van der Waals surface area (Å²) >= 11 is 1.49. The van der Waals surface area contributed by atoms with Gasteiger partial charge in [0, 0.05) is 18.5 Å². The van der Waals surface area contributed by atoms with Crippen molar-refractivity contribution in [3.63, 3.8) is 0 Å². The van der Waals surface area contributed by atoms with E-state index in [1.807, 2.05) is 17.0 Å². The third kappa shape index (κ3) is 3.93. The molecule has 0 unspecified atom stereocenters. The van der Waals surface area contributed by atoms with Gasteiger partial charge in [-0.1, -0.05) is 49.0 Å².